The second kappa shape index (κ2) is 11.9. The summed E-state index contributed by atoms with van der Waals surface area (Å²) in [5.74, 6) is -0.120. The molecule has 1 spiro atoms. The lowest BCUT2D eigenvalue weighted by Crippen LogP contribution is -2.58. The predicted molar refractivity (Wildman–Crippen MR) is 142 cm³/mol. The predicted octanol–water partition coefficient (Wildman–Crippen LogP) is 2.09. The zero-order valence-electron chi connectivity index (χ0n) is 21.8. The van der Waals surface area contributed by atoms with Crippen molar-refractivity contribution < 1.29 is 19.1 Å². The SMILES string of the molecule is O=C1N[C@H]2CCN(C(=O)Cn3cccn3)C[C@H]2C/C=C/CC2(CCOCC2)C(=O)N[C@@H]1Cc1ccccc1. The normalized spacial score (nSPS) is 26.8. The number of hydrogen-bond acceptors (Lipinski definition) is 5. The number of nitrogens with one attached hydrogen (secondary N) is 2. The van der Waals surface area contributed by atoms with Crippen LogP contribution in [-0.2, 0) is 32.1 Å². The largest absolute Gasteiger partial charge is 0.381 e. The molecule has 5 rings (SSSR count). The number of nitrogens with zero attached hydrogens (tertiary/aromatic N) is 3. The van der Waals surface area contributed by atoms with E-state index in [1.54, 1.807) is 17.1 Å². The fraction of sp³-hybridized carbons (Fsp3) is 0.517. The molecule has 3 aliphatic rings. The smallest absolute Gasteiger partial charge is 0.244 e. The van der Waals surface area contributed by atoms with Gasteiger partial charge in [-0.1, -0.05) is 42.5 Å². The van der Waals surface area contributed by atoms with Crippen molar-refractivity contribution in [3.05, 3.63) is 66.5 Å². The first-order valence-corrected chi connectivity index (χ1v) is 13.7. The first-order chi connectivity index (χ1) is 18.5. The van der Waals surface area contributed by atoms with Gasteiger partial charge in [0.05, 0.1) is 5.41 Å². The second-order valence-electron chi connectivity index (χ2n) is 10.7. The molecule has 202 valence electrons. The van der Waals surface area contributed by atoms with Crippen LogP contribution in [0.3, 0.4) is 0 Å². The van der Waals surface area contributed by atoms with Crippen LogP contribution < -0.4 is 10.6 Å². The lowest BCUT2D eigenvalue weighted by Gasteiger charge is -2.40. The Labute approximate surface area is 223 Å². The maximum atomic E-state index is 13.7. The molecule has 0 saturated carbocycles. The minimum Gasteiger partial charge on any atom is -0.381 e. The summed E-state index contributed by atoms with van der Waals surface area (Å²) in [5.41, 5.74) is 0.414. The Balaban J connectivity index is 1.36. The number of hydrogen-bond donors (Lipinski definition) is 2. The summed E-state index contributed by atoms with van der Waals surface area (Å²) in [6.45, 7) is 2.43. The molecule has 0 radical (unpaired) electrons. The summed E-state index contributed by atoms with van der Waals surface area (Å²) in [6, 6.07) is 10.9. The standard InChI is InChI=1S/C29H37N5O4/c35-26(21-34-15-6-14-30-34)33-16-10-24-23(20-33)9-4-5-11-29(12-17-38-18-13-29)28(37)32-25(27(36)31-24)19-22-7-2-1-3-8-22/h1-8,14-15,23-25H,9-13,16-21H2,(H,31,36)(H,32,37)/b5-4+/t23-,24+,25-/m1/s1. The molecule has 9 nitrogen and oxygen atoms in total. The Morgan fingerprint density at radius 2 is 1.89 bits per heavy atom. The van der Waals surface area contributed by atoms with Crippen molar-refractivity contribution in [2.75, 3.05) is 26.3 Å². The van der Waals surface area contributed by atoms with Gasteiger partial charge in [-0.05, 0) is 43.7 Å². The molecule has 1 aromatic carbocycles. The van der Waals surface area contributed by atoms with E-state index in [2.05, 4.69) is 27.9 Å². The number of aromatic nitrogens is 2. The maximum absolute atomic E-state index is 13.7. The van der Waals surface area contributed by atoms with Crippen LogP contribution in [0.2, 0.25) is 0 Å². The van der Waals surface area contributed by atoms with Gasteiger partial charge < -0.3 is 20.3 Å². The van der Waals surface area contributed by atoms with E-state index in [4.69, 9.17) is 4.74 Å². The van der Waals surface area contributed by atoms with E-state index < -0.39 is 11.5 Å². The number of carbonyl (C=O) groups is 3. The molecular weight excluding hydrogens is 482 g/mol. The van der Waals surface area contributed by atoms with Crippen LogP contribution in [0.1, 0.15) is 37.7 Å². The summed E-state index contributed by atoms with van der Waals surface area (Å²) in [7, 11) is 0. The Morgan fingerprint density at radius 3 is 2.66 bits per heavy atom. The van der Waals surface area contributed by atoms with Crippen LogP contribution in [0.4, 0.5) is 0 Å². The van der Waals surface area contributed by atoms with Gasteiger partial charge in [-0.2, -0.15) is 5.10 Å². The van der Waals surface area contributed by atoms with E-state index in [0.29, 0.717) is 58.4 Å². The van der Waals surface area contributed by atoms with Crippen molar-refractivity contribution in [1.29, 1.82) is 0 Å². The Hall–Kier alpha value is -3.46. The number of benzene rings is 1. The fourth-order valence-electron chi connectivity index (χ4n) is 5.84. The summed E-state index contributed by atoms with van der Waals surface area (Å²) in [6.07, 6.45) is 11.4. The highest BCUT2D eigenvalue weighted by atomic mass is 16.5. The molecule has 2 aromatic rings. The van der Waals surface area contributed by atoms with Gasteiger partial charge in [0.1, 0.15) is 12.6 Å². The van der Waals surface area contributed by atoms with Gasteiger partial charge in [-0.25, -0.2) is 0 Å². The lowest BCUT2D eigenvalue weighted by atomic mass is 9.75. The highest BCUT2D eigenvalue weighted by Gasteiger charge is 2.41. The minimum absolute atomic E-state index is 0.0314. The van der Waals surface area contributed by atoms with Gasteiger partial charge in [-0.3, -0.25) is 19.1 Å². The Bertz CT molecular complexity index is 1130. The maximum Gasteiger partial charge on any atom is 0.244 e. The molecular formula is C29H37N5O4. The quantitative estimate of drug-likeness (QED) is 0.602. The number of allylic oxidation sites excluding steroid dienone is 2. The van der Waals surface area contributed by atoms with Gasteiger partial charge in [0.2, 0.25) is 17.7 Å². The van der Waals surface area contributed by atoms with Crippen molar-refractivity contribution >= 4 is 17.7 Å². The van der Waals surface area contributed by atoms with Gasteiger partial charge in [0.25, 0.3) is 0 Å². The fourth-order valence-corrected chi connectivity index (χ4v) is 5.84. The first-order valence-electron chi connectivity index (χ1n) is 13.7. The number of rotatable bonds is 4. The zero-order valence-corrected chi connectivity index (χ0v) is 21.8. The Kier molecular flexibility index (Phi) is 8.22. The highest BCUT2D eigenvalue weighted by Crippen LogP contribution is 2.36. The summed E-state index contributed by atoms with van der Waals surface area (Å²) < 4.78 is 7.22. The number of ether oxygens (including phenoxy) is 1. The molecule has 3 atom stereocenters. The van der Waals surface area contributed by atoms with Crippen molar-refractivity contribution in [2.24, 2.45) is 11.3 Å². The van der Waals surface area contributed by atoms with E-state index in [-0.39, 0.29) is 36.2 Å². The molecule has 0 bridgehead atoms. The average molecular weight is 520 g/mol. The molecule has 1 aromatic heterocycles. The monoisotopic (exact) mass is 519 g/mol. The molecule has 3 amide bonds. The van der Waals surface area contributed by atoms with Crippen LogP contribution in [-0.4, -0.2) is 70.8 Å². The molecule has 2 saturated heterocycles. The molecule has 2 fully saturated rings. The van der Waals surface area contributed by atoms with Crippen molar-refractivity contribution in [2.45, 2.75) is 57.2 Å². The first kappa shape index (κ1) is 26.2. The van der Waals surface area contributed by atoms with Gasteiger partial charge in [0, 0.05) is 57.1 Å². The molecule has 0 aliphatic carbocycles. The van der Waals surface area contributed by atoms with Crippen LogP contribution >= 0.6 is 0 Å². The summed E-state index contributed by atoms with van der Waals surface area (Å²) in [5, 5.41) is 10.5. The highest BCUT2D eigenvalue weighted by molar-refractivity contribution is 5.90. The molecule has 4 heterocycles. The number of amides is 3. The van der Waals surface area contributed by atoms with Crippen LogP contribution in [0.5, 0.6) is 0 Å². The molecule has 3 aliphatic heterocycles. The van der Waals surface area contributed by atoms with E-state index in [0.717, 1.165) is 12.0 Å². The Morgan fingerprint density at radius 1 is 1.08 bits per heavy atom. The number of fused-ring (bicyclic) bond motifs is 1. The topological polar surface area (TPSA) is 106 Å². The number of piperidine rings is 1. The number of carbonyl (C=O) groups excluding carboxylic acids is 3. The average Bonchev–Trinajstić information content (AvgIpc) is 3.45. The van der Waals surface area contributed by atoms with Crippen LogP contribution in [0.25, 0.3) is 0 Å². The zero-order chi connectivity index (χ0) is 26.4. The minimum atomic E-state index is -0.673. The second-order valence-corrected chi connectivity index (χ2v) is 10.7. The third-order valence-electron chi connectivity index (χ3n) is 8.22. The summed E-state index contributed by atoms with van der Waals surface area (Å²) in [4.78, 5) is 42.2. The van der Waals surface area contributed by atoms with Crippen LogP contribution in [0, 0.1) is 11.3 Å². The van der Waals surface area contributed by atoms with E-state index >= 15 is 0 Å². The van der Waals surface area contributed by atoms with Gasteiger partial charge >= 0.3 is 0 Å². The third kappa shape index (κ3) is 6.15. The van der Waals surface area contributed by atoms with Gasteiger partial charge in [0.15, 0.2) is 0 Å². The van der Waals surface area contributed by atoms with Crippen molar-refractivity contribution in [1.82, 2.24) is 25.3 Å². The van der Waals surface area contributed by atoms with E-state index in [9.17, 15) is 14.4 Å². The third-order valence-corrected chi connectivity index (χ3v) is 8.22. The lowest BCUT2D eigenvalue weighted by molar-refractivity contribution is -0.140. The van der Waals surface area contributed by atoms with Crippen molar-refractivity contribution in [3.63, 3.8) is 0 Å². The van der Waals surface area contributed by atoms with E-state index in [1.165, 1.54) is 0 Å². The van der Waals surface area contributed by atoms with Gasteiger partial charge in [-0.15, -0.1) is 0 Å². The summed E-state index contributed by atoms with van der Waals surface area (Å²) >= 11 is 0. The molecule has 38 heavy (non-hydrogen) atoms. The molecule has 2 N–H and O–H groups in total. The molecule has 0 unspecified atom stereocenters. The molecule has 9 heteroatoms. The van der Waals surface area contributed by atoms with Crippen LogP contribution in [0.15, 0.2) is 60.9 Å². The number of likely N-dealkylation sites (tertiary alicyclic amines) is 1. The van der Waals surface area contributed by atoms with E-state index in [1.807, 2.05) is 41.3 Å². The van der Waals surface area contributed by atoms with Crippen molar-refractivity contribution in [3.8, 4) is 0 Å².